The van der Waals surface area contributed by atoms with E-state index in [1.807, 2.05) is 42.6 Å². The number of benzene rings is 1. The van der Waals surface area contributed by atoms with Gasteiger partial charge in [-0.15, -0.1) is 0 Å². The maximum Gasteiger partial charge on any atom is 0.335 e. The number of nitrogens with one attached hydrogen (secondary N) is 1. The summed E-state index contributed by atoms with van der Waals surface area (Å²) in [5.74, 6) is -0.934. The van der Waals surface area contributed by atoms with E-state index < -0.39 is 5.97 Å². The van der Waals surface area contributed by atoms with Crippen LogP contribution in [0.4, 0.5) is 0 Å². The fourth-order valence-corrected chi connectivity index (χ4v) is 4.32. The van der Waals surface area contributed by atoms with Gasteiger partial charge in [0.1, 0.15) is 0 Å². The van der Waals surface area contributed by atoms with Gasteiger partial charge in [0.15, 0.2) is 5.11 Å². The zero-order valence-corrected chi connectivity index (χ0v) is 17.0. The van der Waals surface area contributed by atoms with Gasteiger partial charge in [-0.1, -0.05) is 6.07 Å². The van der Waals surface area contributed by atoms with Crippen LogP contribution in [0.15, 0.2) is 67.0 Å². The highest BCUT2D eigenvalue weighted by molar-refractivity contribution is 7.80. The molecule has 2 N–H and O–H groups in total. The van der Waals surface area contributed by atoms with Crippen LogP contribution >= 0.6 is 12.2 Å². The molecule has 6 nitrogen and oxygen atoms in total. The van der Waals surface area contributed by atoms with Crippen LogP contribution in [0.25, 0.3) is 5.69 Å². The van der Waals surface area contributed by atoms with Crippen LogP contribution in [-0.2, 0) is 0 Å². The molecule has 4 rings (SSSR count). The van der Waals surface area contributed by atoms with Gasteiger partial charge in [-0.25, -0.2) is 4.79 Å². The van der Waals surface area contributed by atoms with Gasteiger partial charge < -0.3 is 19.9 Å². The number of carboxylic acids is 1. The Hall–Kier alpha value is -3.19. The molecule has 3 heterocycles. The molecule has 0 aliphatic carbocycles. The number of rotatable bonds is 5. The molecule has 1 aliphatic heterocycles. The highest BCUT2D eigenvalue weighted by atomic mass is 32.1. The Morgan fingerprint density at radius 2 is 1.90 bits per heavy atom. The molecule has 2 atom stereocenters. The van der Waals surface area contributed by atoms with Crippen LogP contribution in [-0.4, -0.2) is 36.7 Å². The van der Waals surface area contributed by atoms with Gasteiger partial charge in [0.05, 0.1) is 23.3 Å². The summed E-state index contributed by atoms with van der Waals surface area (Å²) >= 11 is 5.66. The fourth-order valence-electron chi connectivity index (χ4n) is 3.87. The molecule has 7 heteroatoms. The first-order valence-electron chi connectivity index (χ1n) is 9.48. The van der Waals surface area contributed by atoms with Crippen molar-refractivity contribution < 1.29 is 9.90 Å². The summed E-state index contributed by atoms with van der Waals surface area (Å²) in [6.07, 6.45) is 3.78. The van der Waals surface area contributed by atoms with Gasteiger partial charge in [-0.2, -0.15) is 0 Å². The number of hydrogen-bond acceptors (Lipinski definition) is 3. The molecule has 0 amide bonds. The van der Waals surface area contributed by atoms with E-state index in [2.05, 4.69) is 39.7 Å². The Kier molecular flexibility index (Phi) is 5.07. The minimum absolute atomic E-state index is 0.0495. The Balaban J connectivity index is 1.80. The highest BCUT2D eigenvalue weighted by Crippen LogP contribution is 2.40. The van der Waals surface area contributed by atoms with E-state index >= 15 is 0 Å². The first kappa shape index (κ1) is 19.1. The van der Waals surface area contributed by atoms with E-state index in [-0.39, 0.29) is 23.7 Å². The number of carbonyl (C=O) groups is 1. The zero-order valence-electron chi connectivity index (χ0n) is 16.2. The molecule has 29 heavy (non-hydrogen) atoms. The average molecular weight is 407 g/mol. The van der Waals surface area contributed by atoms with Crippen molar-refractivity contribution in [2.24, 2.45) is 0 Å². The van der Waals surface area contributed by atoms with E-state index in [9.17, 15) is 9.90 Å². The van der Waals surface area contributed by atoms with Gasteiger partial charge in [0, 0.05) is 29.8 Å². The van der Waals surface area contributed by atoms with Gasteiger partial charge in [0.25, 0.3) is 0 Å². The van der Waals surface area contributed by atoms with Crippen LogP contribution < -0.4 is 5.32 Å². The van der Waals surface area contributed by atoms with Crippen LogP contribution in [0.3, 0.4) is 0 Å². The van der Waals surface area contributed by atoms with Crippen molar-refractivity contribution in [2.45, 2.75) is 32.0 Å². The lowest BCUT2D eigenvalue weighted by Crippen LogP contribution is -2.36. The number of nitrogens with zero attached hydrogens (tertiary/aromatic N) is 3. The molecular formula is C22H22N4O2S. The van der Waals surface area contributed by atoms with Crippen LogP contribution in [0.2, 0.25) is 0 Å². The van der Waals surface area contributed by atoms with Crippen molar-refractivity contribution in [1.29, 1.82) is 0 Å². The number of thiocarbonyl (C=S) groups is 1. The molecule has 3 aromatic rings. The van der Waals surface area contributed by atoms with Crippen molar-refractivity contribution in [3.8, 4) is 5.69 Å². The van der Waals surface area contributed by atoms with E-state index in [0.717, 1.165) is 17.1 Å². The molecule has 1 saturated heterocycles. The first-order chi connectivity index (χ1) is 14.0. The van der Waals surface area contributed by atoms with Gasteiger partial charge in [-0.05, 0) is 74.6 Å². The lowest BCUT2D eigenvalue weighted by Gasteiger charge is -2.31. The molecule has 1 aromatic carbocycles. The van der Waals surface area contributed by atoms with Gasteiger partial charge >= 0.3 is 5.97 Å². The summed E-state index contributed by atoms with van der Waals surface area (Å²) < 4.78 is 2.08. The van der Waals surface area contributed by atoms with Crippen LogP contribution in [0.5, 0.6) is 0 Å². The van der Waals surface area contributed by atoms with Gasteiger partial charge in [0.2, 0.25) is 0 Å². The average Bonchev–Trinajstić information content (AvgIpc) is 3.32. The SMILES string of the molecule is CC(C)N1C(=S)N[C@H](c2ccccn2)[C@H]1c1cccn1-c1ccc(C(=O)O)cc1. The Labute approximate surface area is 174 Å². The number of aromatic carboxylic acids is 1. The maximum absolute atomic E-state index is 11.2. The highest BCUT2D eigenvalue weighted by Gasteiger charge is 2.42. The van der Waals surface area contributed by atoms with Crippen molar-refractivity contribution >= 4 is 23.3 Å². The number of carboxylic acid groups (broad SMARTS) is 1. The summed E-state index contributed by atoms with van der Waals surface area (Å²) in [7, 11) is 0. The normalized spacial score (nSPS) is 18.9. The fraction of sp³-hybridized carbons (Fsp3) is 0.227. The van der Waals surface area contributed by atoms with E-state index in [0.29, 0.717) is 5.11 Å². The predicted molar refractivity (Wildman–Crippen MR) is 115 cm³/mol. The Morgan fingerprint density at radius 3 is 2.52 bits per heavy atom. The molecule has 148 valence electrons. The first-order valence-corrected chi connectivity index (χ1v) is 9.89. The van der Waals surface area contributed by atoms with Crippen molar-refractivity contribution in [3.63, 3.8) is 0 Å². The van der Waals surface area contributed by atoms with E-state index in [4.69, 9.17) is 12.2 Å². The maximum atomic E-state index is 11.2. The molecule has 0 radical (unpaired) electrons. The summed E-state index contributed by atoms with van der Waals surface area (Å²) in [4.78, 5) is 17.9. The Bertz CT molecular complexity index is 1030. The molecule has 0 saturated carbocycles. The molecular weight excluding hydrogens is 384 g/mol. The van der Waals surface area contributed by atoms with Crippen LogP contribution in [0, 0.1) is 0 Å². The van der Waals surface area contributed by atoms with E-state index in [1.165, 1.54) is 0 Å². The second-order valence-corrected chi connectivity index (χ2v) is 7.67. The summed E-state index contributed by atoms with van der Waals surface area (Å²) in [5, 5.41) is 13.3. The topological polar surface area (TPSA) is 70.4 Å². The van der Waals surface area contributed by atoms with Gasteiger partial charge in [-0.3, -0.25) is 4.98 Å². The smallest absolute Gasteiger partial charge is 0.335 e. The monoisotopic (exact) mass is 406 g/mol. The zero-order chi connectivity index (χ0) is 20.5. The summed E-state index contributed by atoms with van der Waals surface area (Å²) in [5.41, 5.74) is 3.15. The Morgan fingerprint density at radius 1 is 1.14 bits per heavy atom. The van der Waals surface area contributed by atoms with Crippen molar-refractivity contribution in [1.82, 2.24) is 19.8 Å². The number of pyridine rings is 1. The summed E-state index contributed by atoms with van der Waals surface area (Å²) in [6.45, 7) is 4.24. The molecule has 2 aromatic heterocycles. The molecule has 1 fully saturated rings. The van der Waals surface area contributed by atoms with E-state index in [1.54, 1.807) is 18.3 Å². The molecule has 0 spiro atoms. The third-order valence-electron chi connectivity index (χ3n) is 5.17. The third kappa shape index (κ3) is 3.49. The minimum atomic E-state index is -0.934. The predicted octanol–water partition coefficient (Wildman–Crippen LogP) is 3.95. The molecule has 0 bridgehead atoms. The second-order valence-electron chi connectivity index (χ2n) is 7.28. The largest absolute Gasteiger partial charge is 0.478 e. The lowest BCUT2D eigenvalue weighted by atomic mass is 10.0. The minimum Gasteiger partial charge on any atom is -0.478 e. The van der Waals surface area contributed by atoms with Crippen LogP contribution in [0.1, 0.15) is 47.7 Å². The van der Waals surface area contributed by atoms with Crippen molar-refractivity contribution in [3.05, 3.63) is 83.9 Å². The second kappa shape index (κ2) is 7.67. The molecule has 0 unspecified atom stereocenters. The number of hydrogen-bond donors (Lipinski definition) is 2. The third-order valence-corrected chi connectivity index (χ3v) is 5.50. The summed E-state index contributed by atoms with van der Waals surface area (Å²) in [6, 6.07) is 16.9. The standard InChI is InChI=1S/C22H22N4O2S/c1-14(2)26-20(19(24-22(26)29)17-6-3-4-12-23-17)18-7-5-13-25(18)16-10-8-15(9-11-16)21(27)28/h3-14,19-20H,1-2H3,(H,24,29)(H,27,28)/t19-,20-/m1/s1. The quantitative estimate of drug-likeness (QED) is 0.625. The number of aromatic nitrogens is 2. The lowest BCUT2D eigenvalue weighted by molar-refractivity contribution is 0.0697. The molecule has 1 aliphatic rings. The van der Waals surface area contributed by atoms with Crippen molar-refractivity contribution in [2.75, 3.05) is 0 Å².